The molecule has 3 rings (SSSR count). The van der Waals surface area contributed by atoms with Crippen molar-refractivity contribution in [3.63, 3.8) is 0 Å². The number of nitrogens with one attached hydrogen (secondary N) is 1. The molecule has 0 bridgehead atoms. The first-order chi connectivity index (χ1) is 9.56. The molecule has 2 N–H and O–H groups in total. The topological polar surface area (TPSA) is 75.1 Å². The molecule has 1 heterocycles. The summed E-state index contributed by atoms with van der Waals surface area (Å²) in [5.41, 5.74) is -0.666. The zero-order valence-electron chi connectivity index (χ0n) is 10.1. The number of fused-ring (bicyclic) bond motifs is 1. The second-order valence-corrected chi connectivity index (χ2v) is 4.28. The summed E-state index contributed by atoms with van der Waals surface area (Å²) in [6, 6.07) is 9.11. The lowest BCUT2D eigenvalue weighted by atomic mass is 10.2. The zero-order chi connectivity index (χ0) is 14.3. The van der Waals surface area contributed by atoms with Gasteiger partial charge in [-0.15, -0.1) is 0 Å². The monoisotopic (exact) mass is 272 g/mol. The SMILES string of the molecule is O=c1[nH]c2cc(O)ccc2c(=O)n1-c1ccc(F)cc1. The molecule has 0 amide bonds. The Kier molecular flexibility index (Phi) is 2.64. The van der Waals surface area contributed by atoms with Crippen molar-refractivity contribution in [2.45, 2.75) is 0 Å². The predicted molar refractivity (Wildman–Crippen MR) is 71.8 cm³/mol. The lowest BCUT2D eigenvalue weighted by molar-refractivity contribution is 0.476. The van der Waals surface area contributed by atoms with E-state index in [-0.39, 0.29) is 22.3 Å². The van der Waals surface area contributed by atoms with E-state index in [1.54, 1.807) is 0 Å². The van der Waals surface area contributed by atoms with Crippen LogP contribution in [0.3, 0.4) is 0 Å². The molecule has 0 aliphatic heterocycles. The Balaban J connectivity index is 2.37. The molecular formula is C14H9FN2O3. The van der Waals surface area contributed by atoms with E-state index in [9.17, 15) is 19.1 Å². The average Bonchev–Trinajstić information content (AvgIpc) is 2.40. The van der Waals surface area contributed by atoms with E-state index in [2.05, 4.69) is 4.98 Å². The number of halogens is 1. The van der Waals surface area contributed by atoms with Crippen LogP contribution in [0.4, 0.5) is 4.39 Å². The fraction of sp³-hybridized carbons (Fsp3) is 0. The summed E-state index contributed by atoms with van der Waals surface area (Å²) < 4.78 is 13.8. The number of benzene rings is 2. The first kappa shape index (κ1) is 12.2. The van der Waals surface area contributed by atoms with Crippen LogP contribution in [0.1, 0.15) is 0 Å². The second kappa shape index (κ2) is 4.34. The molecule has 1 aromatic heterocycles. The third-order valence-electron chi connectivity index (χ3n) is 2.97. The van der Waals surface area contributed by atoms with Gasteiger partial charge in [-0.25, -0.2) is 13.8 Å². The van der Waals surface area contributed by atoms with Crippen LogP contribution < -0.4 is 11.2 Å². The third-order valence-corrected chi connectivity index (χ3v) is 2.97. The summed E-state index contributed by atoms with van der Waals surface area (Å²) in [5.74, 6) is -0.504. The first-order valence-electron chi connectivity index (χ1n) is 5.80. The van der Waals surface area contributed by atoms with Crippen LogP contribution in [0.15, 0.2) is 52.1 Å². The highest BCUT2D eigenvalue weighted by Crippen LogP contribution is 2.14. The molecule has 5 nitrogen and oxygen atoms in total. The number of rotatable bonds is 1. The van der Waals surface area contributed by atoms with Gasteiger partial charge in [-0.1, -0.05) is 0 Å². The summed E-state index contributed by atoms with van der Waals surface area (Å²) in [7, 11) is 0. The molecule has 0 fully saturated rings. The minimum absolute atomic E-state index is 0.0490. The molecule has 2 aromatic carbocycles. The fourth-order valence-electron chi connectivity index (χ4n) is 2.03. The molecule has 0 spiro atoms. The van der Waals surface area contributed by atoms with Gasteiger partial charge in [0.15, 0.2) is 0 Å². The van der Waals surface area contributed by atoms with Gasteiger partial charge in [0.2, 0.25) is 0 Å². The highest BCUT2D eigenvalue weighted by molar-refractivity contribution is 5.79. The normalized spacial score (nSPS) is 10.8. The Morgan fingerprint density at radius 3 is 2.45 bits per heavy atom. The molecule has 6 heteroatoms. The number of aromatic amines is 1. The summed E-state index contributed by atoms with van der Waals surface area (Å²) in [6.45, 7) is 0. The largest absolute Gasteiger partial charge is 0.508 e. The van der Waals surface area contributed by atoms with Gasteiger partial charge in [-0.2, -0.15) is 0 Å². The van der Waals surface area contributed by atoms with Gasteiger partial charge in [0.1, 0.15) is 11.6 Å². The Bertz CT molecular complexity index is 910. The summed E-state index contributed by atoms with van der Waals surface area (Å²) in [4.78, 5) is 26.8. The van der Waals surface area contributed by atoms with E-state index in [0.717, 1.165) is 4.57 Å². The number of hydrogen-bond donors (Lipinski definition) is 2. The van der Waals surface area contributed by atoms with Crippen molar-refractivity contribution in [3.05, 3.63) is 69.1 Å². The van der Waals surface area contributed by atoms with Crippen LogP contribution in [0, 0.1) is 5.82 Å². The molecule has 0 unspecified atom stereocenters. The molecule has 0 atom stereocenters. The average molecular weight is 272 g/mol. The Hall–Kier alpha value is -2.89. The molecule has 0 radical (unpaired) electrons. The van der Waals surface area contributed by atoms with Gasteiger partial charge in [-0.05, 0) is 36.4 Å². The lowest BCUT2D eigenvalue weighted by Crippen LogP contribution is -2.33. The minimum atomic E-state index is -0.653. The van der Waals surface area contributed by atoms with Crippen molar-refractivity contribution >= 4 is 10.9 Å². The van der Waals surface area contributed by atoms with Gasteiger partial charge in [0.25, 0.3) is 5.56 Å². The highest BCUT2D eigenvalue weighted by atomic mass is 19.1. The number of nitrogens with zero attached hydrogens (tertiary/aromatic N) is 1. The Morgan fingerprint density at radius 1 is 1.05 bits per heavy atom. The minimum Gasteiger partial charge on any atom is -0.508 e. The van der Waals surface area contributed by atoms with Crippen molar-refractivity contribution in [3.8, 4) is 11.4 Å². The van der Waals surface area contributed by atoms with Crippen molar-refractivity contribution in [2.75, 3.05) is 0 Å². The molecule has 20 heavy (non-hydrogen) atoms. The van der Waals surface area contributed by atoms with Crippen molar-refractivity contribution in [2.24, 2.45) is 0 Å². The maximum atomic E-state index is 12.9. The molecule has 100 valence electrons. The number of hydrogen-bond acceptors (Lipinski definition) is 3. The van der Waals surface area contributed by atoms with Crippen LogP contribution in [0.5, 0.6) is 5.75 Å². The number of H-pyrrole nitrogens is 1. The standard InChI is InChI=1S/C14H9FN2O3/c15-8-1-3-9(4-2-8)17-13(19)11-6-5-10(18)7-12(11)16-14(17)20/h1-7,18H,(H,16,20). The van der Waals surface area contributed by atoms with E-state index in [4.69, 9.17) is 0 Å². The third kappa shape index (κ3) is 1.87. The van der Waals surface area contributed by atoms with Crippen LogP contribution in [0.2, 0.25) is 0 Å². The summed E-state index contributed by atoms with van der Waals surface area (Å²) in [6.07, 6.45) is 0. The summed E-state index contributed by atoms with van der Waals surface area (Å²) >= 11 is 0. The van der Waals surface area contributed by atoms with Gasteiger partial charge < -0.3 is 10.1 Å². The first-order valence-corrected chi connectivity index (χ1v) is 5.80. The van der Waals surface area contributed by atoms with E-state index in [0.29, 0.717) is 0 Å². The van der Waals surface area contributed by atoms with E-state index in [1.165, 1.54) is 42.5 Å². The molecule has 0 aliphatic carbocycles. The summed E-state index contributed by atoms with van der Waals surface area (Å²) in [5, 5.41) is 9.61. The Morgan fingerprint density at radius 2 is 1.75 bits per heavy atom. The van der Waals surface area contributed by atoms with Crippen LogP contribution in [0.25, 0.3) is 16.6 Å². The maximum Gasteiger partial charge on any atom is 0.333 e. The second-order valence-electron chi connectivity index (χ2n) is 4.28. The molecule has 3 aromatic rings. The zero-order valence-corrected chi connectivity index (χ0v) is 10.1. The highest BCUT2D eigenvalue weighted by Gasteiger charge is 2.09. The van der Waals surface area contributed by atoms with Crippen LogP contribution >= 0.6 is 0 Å². The number of aromatic hydroxyl groups is 1. The van der Waals surface area contributed by atoms with Gasteiger partial charge in [0, 0.05) is 6.07 Å². The van der Waals surface area contributed by atoms with Gasteiger partial charge >= 0.3 is 5.69 Å². The number of phenolic OH excluding ortho intramolecular Hbond substituents is 1. The smallest absolute Gasteiger partial charge is 0.333 e. The van der Waals surface area contributed by atoms with Crippen molar-refractivity contribution < 1.29 is 9.50 Å². The van der Waals surface area contributed by atoms with Gasteiger partial charge in [-0.3, -0.25) is 4.79 Å². The maximum absolute atomic E-state index is 12.9. The van der Waals surface area contributed by atoms with E-state index >= 15 is 0 Å². The fourth-order valence-corrected chi connectivity index (χ4v) is 2.03. The predicted octanol–water partition coefficient (Wildman–Crippen LogP) is 1.52. The van der Waals surface area contributed by atoms with Gasteiger partial charge in [0.05, 0.1) is 16.6 Å². The Labute approximate surface area is 111 Å². The quantitative estimate of drug-likeness (QED) is 0.705. The van der Waals surface area contributed by atoms with E-state index < -0.39 is 17.1 Å². The van der Waals surface area contributed by atoms with E-state index in [1.807, 2.05) is 0 Å². The molecule has 0 saturated carbocycles. The number of aromatic nitrogens is 2. The lowest BCUT2D eigenvalue weighted by Gasteiger charge is -2.06. The molecule has 0 aliphatic rings. The molecular weight excluding hydrogens is 263 g/mol. The van der Waals surface area contributed by atoms with Crippen molar-refractivity contribution in [1.82, 2.24) is 9.55 Å². The van der Waals surface area contributed by atoms with Crippen LogP contribution in [-0.2, 0) is 0 Å². The van der Waals surface area contributed by atoms with Crippen molar-refractivity contribution in [1.29, 1.82) is 0 Å². The molecule has 0 saturated heterocycles. The van der Waals surface area contributed by atoms with Crippen LogP contribution in [-0.4, -0.2) is 14.7 Å². The number of phenols is 1.